The van der Waals surface area contributed by atoms with Crippen molar-refractivity contribution in [1.29, 1.82) is 0 Å². The lowest BCUT2D eigenvalue weighted by Gasteiger charge is -2.09. The summed E-state index contributed by atoms with van der Waals surface area (Å²) < 4.78 is 4.96. The van der Waals surface area contributed by atoms with Crippen molar-refractivity contribution in [3.05, 3.63) is 34.4 Å². The number of hydrogen-bond acceptors (Lipinski definition) is 4. The van der Waals surface area contributed by atoms with E-state index in [0.717, 1.165) is 0 Å². The van der Waals surface area contributed by atoms with Crippen molar-refractivity contribution in [2.45, 2.75) is 13.0 Å². The van der Waals surface area contributed by atoms with Gasteiger partial charge < -0.3 is 9.84 Å². The van der Waals surface area contributed by atoms with Gasteiger partial charge in [-0.25, -0.2) is 4.79 Å². The molecule has 0 spiro atoms. The Balaban J connectivity index is 2.82. The first-order valence-corrected chi connectivity index (χ1v) is 4.14. The number of rotatable bonds is 4. The van der Waals surface area contributed by atoms with Gasteiger partial charge in [-0.3, -0.25) is 10.1 Å². The van der Waals surface area contributed by atoms with Crippen LogP contribution in [0.4, 0.5) is 5.69 Å². The second-order valence-corrected chi connectivity index (χ2v) is 2.85. The van der Waals surface area contributed by atoms with E-state index in [1.807, 2.05) is 0 Å². The molecule has 6 nitrogen and oxygen atoms in total. The first-order valence-electron chi connectivity index (χ1n) is 4.14. The Labute approximate surface area is 85.2 Å². The maximum absolute atomic E-state index is 10.5. The molecule has 1 aromatic rings. The predicted octanol–water partition coefficient (Wildman–Crippen LogP) is 1.45. The molecule has 1 rings (SSSR count). The molecule has 0 saturated carbocycles. The molecule has 15 heavy (non-hydrogen) atoms. The Morgan fingerprint density at radius 2 is 2.27 bits per heavy atom. The molecule has 0 aromatic heterocycles. The lowest BCUT2D eigenvalue weighted by atomic mass is 10.3. The van der Waals surface area contributed by atoms with Crippen LogP contribution in [0.1, 0.15) is 6.92 Å². The standard InChI is InChI=1S/C9H9NO5/c1-6(9(11)12)15-8-4-2-3-7(5-8)10(13)14/h2-6H,1H3,(H,11,12). The van der Waals surface area contributed by atoms with Crippen LogP contribution >= 0.6 is 0 Å². The summed E-state index contributed by atoms with van der Waals surface area (Å²) in [6.45, 7) is 1.35. The summed E-state index contributed by atoms with van der Waals surface area (Å²) in [5, 5.41) is 19.0. The highest BCUT2D eigenvalue weighted by atomic mass is 16.6. The largest absolute Gasteiger partial charge is 0.479 e. The number of nitro benzene ring substituents is 1. The highest BCUT2D eigenvalue weighted by Crippen LogP contribution is 2.19. The van der Waals surface area contributed by atoms with E-state index < -0.39 is 17.0 Å². The number of ether oxygens (including phenoxy) is 1. The SMILES string of the molecule is CC(Oc1cccc([N+](=O)[O-])c1)C(=O)O. The average molecular weight is 211 g/mol. The summed E-state index contributed by atoms with van der Waals surface area (Å²) >= 11 is 0. The molecule has 6 heteroatoms. The van der Waals surface area contributed by atoms with Crippen LogP contribution in [0.3, 0.4) is 0 Å². The van der Waals surface area contributed by atoms with E-state index in [1.165, 1.54) is 31.2 Å². The number of nitro groups is 1. The topological polar surface area (TPSA) is 89.7 Å². The van der Waals surface area contributed by atoms with Crippen LogP contribution in [0.15, 0.2) is 24.3 Å². The molecular formula is C9H9NO5. The summed E-state index contributed by atoms with van der Waals surface area (Å²) in [6.07, 6.45) is -1.04. The molecule has 0 radical (unpaired) electrons. The van der Waals surface area contributed by atoms with Crippen LogP contribution in [0.5, 0.6) is 5.75 Å². The van der Waals surface area contributed by atoms with E-state index in [1.54, 1.807) is 0 Å². The number of carboxylic acid groups (broad SMARTS) is 1. The van der Waals surface area contributed by atoms with Gasteiger partial charge in [0, 0.05) is 6.07 Å². The van der Waals surface area contributed by atoms with Gasteiger partial charge in [-0.05, 0) is 13.0 Å². The third kappa shape index (κ3) is 2.94. The molecule has 0 aliphatic heterocycles. The highest BCUT2D eigenvalue weighted by Gasteiger charge is 2.14. The molecular weight excluding hydrogens is 202 g/mol. The van der Waals surface area contributed by atoms with E-state index in [9.17, 15) is 14.9 Å². The quantitative estimate of drug-likeness (QED) is 0.601. The molecule has 0 heterocycles. The number of non-ortho nitro benzene ring substituents is 1. The number of benzene rings is 1. The summed E-state index contributed by atoms with van der Waals surface area (Å²) in [5.74, 6) is -0.958. The lowest BCUT2D eigenvalue weighted by molar-refractivity contribution is -0.384. The second kappa shape index (κ2) is 4.41. The number of hydrogen-bond donors (Lipinski definition) is 1. The van der Waals surface area contributed by atoms with Crippen molar-refractivity contribution in [2.24, 2.45) is 0 Å². The lowest BCUT2D eigenvalue weighted by Crippen LogP contribution is -2.22. The minimum absolute atomic E-state index is 0.134. The molecule has 0 fully saturated rings. The number of carbonyl (C=O) groups is 1. The number of aliphatic carboxylic acids is 1. The van der Waals surface area contributed by atoms with Crippen molar-refractivity contribution in [1.82, 2.24) is 0 Å². The summed E-state index contributed by atoms with van der Waals surface area (Å²) in [5.41, 5.74) is -0.134. The Bertz CT molecular complexity index is 390. The van der Waals surface area contributed by atoms with E-state index in [0.29, 0.717) is 0 Å². The second-order valence-electron chi connectivity index (χ2n) is 2.85. The van der Waals surface area contributed by atoms with Crippen LogP contribution < -0.4 is 4.74 Å². The molecule has 0 aliphatic carbocycles. The highest BCUT2D eigenvalue weighted by molar-refractivity contribution is 5.72. The third-order valence-corrected chi connectivity index (χ3v) is 1.69. The molecule has 0 bridgehead atoms. The van der Waals surface area contributed by atoms with Gasteiger partial charge in [0.1, 0.15) is 5.75 Å². The Morgan fingerprint density at radius 1 is 1.60 bits per heavy atom. The van der Waals surface area contributed by atoms with E-state index in [-0.39, 0.29) is 11.4 Å². The third-order valence-electron chi connectivity index (χ3n) is 1.69. The first kappa shape index (κ1) is 11.0. The molecule has 1 N–H and O–H groups in total. The Morgan fingerprint density at radius 3 is 2.80 bits per heavy atom. The van der Waals surface area contributed by atoms with Crippen LogP contribution in [0.25, 0.3) is 0 Å². The molecule has 1 unspecified atom stereocenters. The minimum atomic E-state index is -1.12. The van der Waals surface area contributed by atoms with Gasteiger partial charge in [0.05, 0.1) is 11.0 Å². The molecule has 1 atom stereocenters. The summed E-state index contributed by atoms with van der Waals surface area (Å²) in [6, 6.07) is 5.38. The zero-order valence-electron chi connectivity index (χ0n) is 7.91. The van der Waals surface area contributed by atoms with Gasteiger partial charge in [-0.2, -0.15) is 0 Å². The molecule has 0 saturated heterocycles. The monoisotopic (exact) mass is 211 g/mol. The van der Waals surface area contributed by atoms with Crippen LogP contribution in [0, 0.1) is 10.1 Å². The maximum Gasteiger partial charge on any atom is 0.344 e. The van der Waals surface area contributed by atoms with Crippen LogP contribution in [0.2, 0.25) is 0 Å². The summed E-state index contributed by atoms with van der Waals surface area (Å²) in [7, 11) is 0. The van der Waals surface area contributed by atoms with Crippen molar-refractivity contribution >= 4 is 11.7 Å². The van der Waals surface area contributed by atoms with Crippen molar-refractivity contribution in [3.8, 4) is 5.75 Å². The zero-order chi connectivity index (χ0) is 11.4. The first-order chi connectivity index (χ1) is 7.00. The van der Waals surface area contributed by atoms with Gasteiger partial charge in [0.15, 0.2) is 6.10 Å². The fourth-order valence-corrected chi connectivity index (χ4v) is 0.925. The number of nitrogens with zero attached hydrogens (tertiary/aromatic N) is 1. The fraction of sp³-hybridized carbons (Fsp3) is 0.222. The van der Waals surface area contributed by atoms with Crippen molar-refractivity contribution < 1.29 is 19.6 Å². The van der Waals surface area contributed by atoms with Gasteiger partial charge in [0.25, 0.3) is 5.69 Å². The van der Waals surface area contributed by atoms with Crippen LogP contribution in [-0.4, -0.2) is 22.1 Å². The van der Waals surface area contributed by atoms with Gasteiger partial charge >= 0.3 is 5.97 Å². The van der Waals surface area contributed by atoms with E-state index in [4.69, 9.17) is 9.84 Å². The number of carboxylic acids is 1. The molecule has 1 aromatic carbocycles. The average Bonchev–Trinajstić information content (AvgIpc) is 2.18. The van der Waals surface area contributed by atoms with Crippen molar-refractivity contribution in [2.75, 3.05) is 0 Å². The zero-order valence-corrected chi connectivity index (χ0v) is 7.91. The van der Waals surface area contributed by atoms with Gasteiger partial charge in [0.2, 0.25) is 0 Å². The maximum atomic E-state index is 10.5. The Kier molecular flexibility index (Phi) is 3.22. The van der Waals surface area contributed by atoms with Gasteiger partial charge in [-0.15, -0.1) is 0 Å². The van der Waals surface area contributed by atoms with Crippen molar-refractivity contribution in [3.63, 3.8) is 0 Å². The van der Waals surface area contributed by atoms with E-state index in [2.05, 4.69) is 0 Å². The fourth-order valence-electron chi connectivity index (χ4n) is 0.925. The molecule has 0 aliphatic rings. The molecule has 0 amide bonds. The van der Waals surface area contributed by atoms with Gasteiger partial charge in [-0.1, -0.05) is 6.07 Å². The van der Waals surface area contributed by atoms with Crippen LogP contribution in [-0.2, 0) is 4.79 Å². The Hall–Kier alpha value is -2.11. The normalized spacial score (nSPS) is 11.8. The molecule has 80 valence electrons. The summed E-state index contributed by atoms with van der Waals surface area (Å²) in [4.78, 5) is 20.3. The minimum Gasteiger partial charge on any atom is -0.479 e. The van der Waals surface area contributed by atoms with E-state index >= 15 is 0 Å². The smallest absolute Gasteiger partial charge is 0.344 e. The predicted molar refractivity (Wildman–Crippen MR) is 50.8 cm³/mol.